The van der Waals surface area contributed by atoms with E-state index in [4.69, 9.17) is 26.8 Å². The topological polar surface area (TPSA) is 44.5 Å². The summed E-state index contributed by atoms with van der Waals surface area (Å²) in [6, 6.07) is 7.73. The summed E-state index contributed by atoms with van der Waals surface area (Å²) in [5.74, 6) is 0.481. The van der Waals surface area contributed by atoms with Crippen LogP contribution in [-0.2, 0) is 9.47 Å². The highest BCUT2D eigenvalue weighted by Crippen LogP contribution is 2.29. The monoisotopic (exact) mass is 283 g/mol. The number of hydrogen-bond acceptors (Lipinski definition) is 3. The maximum Gasteiger partial charge on any atom is 0.0990 e. The van der Waals surface area contributed by atoms with Crippen LogP contribution in [-0.4, -0.2) is 25.9 Å². The predicted molar refractivity (Wildman–Crippen MR) is 77.3 cm³/mol. The standard InChI is InChI=1S/C15H22ClNO2/c1-2-14(17)15(12-5-3-4-6-13(12)16)19-10-11-7-8-18-9-11/h3-6,11,14-15H,2,7-10,17H2,1H3. The van der Waals surface area contributed by atoms with Crippen molar-refractivity contribution in [2.24, 2.45) is 11.7 Å². The molecule has 0 spiro atoms. The van der Waals surface area contributed by atoms with Crippen molar-refractivity contribution >= 4 is 11.6 Å². The first-order valence-corrected chi connectivity index (χ1v) is 7.29. The number of nitrogens with two attached hydrogens (primary N) is 1. The highest BCUT2D eigenvalue weighted by molar-refractivity contribution is 6.31. The van der Waals surface area contributed by atoms with Crippen LogP contribution in [0.3, 0.4) is 0 Å². The zero-order valence-electron chi connectivity index (χ0n) is 11.3. The van der Waals surface area contributed by atoms with Crippen LogP contribution < -0.4 is 5.73 Å². The summed E-state index contributed by atoms with van der Waals surface area (Å²) in [4.78, 5) is 0. The van der Waals surface area contributed by atoms with Gasteiger partial charge in [0.2, 0.25) is 0 Å². The fraction of sp³-hybridized carbons (Fsp3) is 0.600. The molecule has 2 N–H and O–H groups in total. The van der Waals surface area contributed by atoms with Crippen molar-refractivity contribution < 1.29 is 9.47 Å². The second kappa shape index (κ2) is 7.25. The van der Waals surface area contributed by atoms with Gasteiger partial charge in [0, 0.05) is 29.2 Å². The molecule has 4 heteroatoms. The van der Waals surface area contributed by atoms with Crippen LogP contribution in [0.5, 0.6) is 0 Å². The van der Waals surface area contributed by atoms with E-state index in [1.165, 1.54) is 0 Å². The molecule has 1 aliphatic rings. The van der Waals surface area contributed by atoms with Gasteiger partial charge in [0.1, 0.15) is 0 Å². The smallest absolute Gasteiger partial charge is 0.0990 e. The Kier molecular flexibility index (Phi) is 5.64. The third-order valence-corrected chi connectivity index (χ3v) is 3.95. The third kappa shape index (κ3) is 3.93. The summed E-state index contributed by atoms with van der Waals surface area (Å²) in [6.45, 7) is 4.38. The lowest BCUT2D eigenvalue weighted by molar-refractivity contribution is 0.00954. The van der Waals surface area contributed by atoms with Crippen molar-refractivity contribution in [1.29, 1.82) is 0 Å². The summed E-state index contributed by atoms with van der Waals surface area (Å²) in [5.41, 5.74) is 7.17. The van der Waals surface area contributed by atoms with E-state index in [9.17, 15) is 0 Å². The Labute approximate surface area is 120 Å². The van der Waals surface area contributed by atoms with Crippen molar-refractivity contribution in [3.63, 3.8) is 0 Å². The highest BCUT2D eigenvalue weighted by Gasteiger charge is 2.24. The average Bonchev–Trinajstić information content (AvgIpc) is 2.93. The largest absolute Gasteiger partial charge is 0.381 e. The average molecular weight is 284 g/mol. The van der Waals surface area contributed by atoms with E-state index in [-0.39, 0.29) is 12.1 Å². The minimum Gasteiger partial charge on any atom is -0.381 e. The van der Waals surface area contributed by atoms with Crippen LogP contribution in [0, 0.1) is 5.92 Å². The molecule has 1 aliphatic heterocycles. The van der Waals surface area contributed by atoms with Gasteiger partial charge in [-0.05, 0) is 18.9 Å². The van der Waals surface area contributed by atoms with Gasteiger partial charge in [0.15, 0.2) is 0 Å². The van der Waals surface area contributed by atoms with Crippen molar-refractivity contribution in [2.45, 2.75) is 31.9 Å². The second-order valence-corrected chi connectivity index (χ2v) is 5.48. The lowest BCUT2D eigenvalue weighted by Gasteiger charge is -2.26. The Morgan fingerprint density at radius 3 is 2.89 bits per heavy atom. The van der Waals surface area contributed by atoms with E-state index in [0.29, 0.717) is 12.5 Å². The molecule has 0 radical (unpaired) electrons. The molecule has 2 rings (SSSR count). The van der Waals surface area contributed by atoms with E-state index >= 15 is 0 Å². The zero-order chi connectivity index (χ0) is 13.7. The molecule has 0 bridgehead atoms. The quantitative estimate of drug-likeness (QED) is 0.872. The predicted octanol–water partition coefficient (Wildman–Crippen LogP) is 3.17. The van der Waals surface area contributed by atoms with E-state index in [1.807, 2.05) is 24.3 Å². The first-order chi connectivity index (χ1) is 9.22. The molecule has 1 aromatic rings. The Balaban J connectivity index is 2.05. The van der Waals surface area contributed by atoms with Gasteiger partial charge in [0.25, 0.3) is 0 Å². The van der Waals surface area contributed by atoms with Gasteiger partial charge in [-0.1, -0.05) is 36.7 Å². The van der Waals surface area contributed by atoms with Gasteiger partial charge in [-0.2, -0.15) is 0 Å². The summed E-state index contributed by atoms with van der Waals surface area (Å²) in [7, 11) is 0. The third-order valence-electron chi connectivity index (χ3n) is 3.61. The van der Waals surface area contributed by atoms with E-state index in [1.54, 1.807) is 0 Å². The summed E-state index contributed by atoms with van der Waals surface area (Å²) in [5, 5.41) is 0.721. The Morgan fingerprint density at radius 2 is 2.26 bits per heavy atom. The number of rotatable bonds is 6. The SMILES string of the molecule is CCC(N)C(OCC1CCOC1)c1ccccc1Cl. The second-order valence-electron chi connectivity index (χ2n) is 5.08. The molecule has 3 unspecified atom stereocenters. The van der Waals surface area contributed by atoms with Gasteiger partial charge in [-0.15, -0.1) is 0 Å². The summed E-state index contributed by atoms with van der Waals surface area (Å²) < 4.78 is 11.4. The van der Waals surface area contributed by atoms with Crippen LogP contribution in [0.25, 0.3) is 0 Å². The molecular weight excluding hydrogens is 262 g/mol. The zero-order valence-corrected chi connectivity index (χ0v) is 12.1. The van der Waals surface area contributed by atoms with Crippen molar-refractivity contribution in [3.8, 4) is 0 Å². The lowest BCUT2D eigenvalue weighted by atomic mass is 10.0. The first kappa shape index (κ1) is 14.8. The van der Waals surface area contributed by atoms with E-state index in [2.05, 4.69) is 6.92 Å². The summed E-state index contributed by atoms with van der Waals surface area (Å²) in [6.07, 6.45) is 1.78. The van der Waals surface area contributed by atoms with E-state index < -0.39 is 0 Å². The van der Waals surface area contributed by atoms with Gasteiger partial charge in [-0.3, -0.25) is 0 Å². The maximum absolute atomic E-state index is 6.26. The maximum atomic E-state index is 6.26. The molecule has 1 heterocycles. The van der Waals surface area contributed by atoms with Crippen LogP contribution in [0.1, 0.15) is 31.4 Å². The number of benzene rings is 1. The van der Waals surface area contributed by atoms with Crippen LogP contribution in [0.4, 0.5) is 0 Å². The Morgan fingerprint density at radius 1 is 1.47 bits per heavy atom. The molecule has 0 aromatic heterocycles. The summed E-state index contributed by atoms with van der Waals surface area (Å²) >= 11 is 6.26. The fourth-order valence-electron chi connectivity index (χ4n) is 2.32. The molecule has 3 nitrogen and oxygen atoms in total. The normalized spacial score (nSPS) is 22.4. The Hall–Kier alpha value is -0.610. The van der Waals surface area contributed by atoms with Crippen LogP contribution in [0.2, 0.25) is 5.02 Å². The van der Waals surface area contributed by atoms with Crippen molar-refractivity contribution in [3.05, 3.63) is 34.9 Å². The molecule has 1 aromatic carbocycles. The van der Waals surface area contributed by atoms with Gasteiger partial charge < -0.3 is 15.2 Å². The molecule has 19 heavy (non-hydrogen) atoms. The van der Waals surface area contributed by atoms with Crippen LogP contribution >= 0.6 is 11.6 Å². The molecule has 3 atom stereocenters. The lowest BCUT2D eigenvalue weighted by Crippen LogP contribution is -2.31. The van der Waals surface area contributed by atoms with Gasteiger partial charge in [-0.25, -0.2) is 0 Å². The number of halogens is 1. The van der Waals surface area contributed by atoms with E-state index in [0.717, 1.165) is 36.6 Å². The number of ether oxygens (including phenoxy) is 2. The van der Waals surface area contributed by atoms with Gasteiger partial charge in [0.05, 0.1) is 19.3 Å². The molecule has 106 valence electrons. The van der Waals surface area contributed by atoms with Crippen LogP contribution in [0.15, 0.2) is 24.3 Å². The molecule has 1 saturated heterocycles. The first-order valence-electron chi connectivity index (χ1n) is 6.91. The van der Waals surface area contributed by atoms with Crippen molar-refractivity contribution in [2.75, 3.05) is 19.8 Å². The fourth-order valence-corrected chi connectivity index (χ4v) is 2.56. The minimum atomic E-state index is -0.140. The molecule has 0 saturated carbocycles. The molecule has 1 fully saturated rings. The highest BCUT2D eigenvalue weighted by atomic mass is 35.5. The molecular formula is C15H22ClNO2. The van der Waals surface area contributed by atoms with Crippen molar-refractivity contribution in [1.82, 2.24) is 0 Å². The Bertz CT molecular complexity index is 393. The molecule has 0 amide bonds. The van der Waals surface area contributed by atoms with Gasteiger partial charge >= 0.3 is 0 Å². The minimum absolute atomic E-state index is 0.0396. The number of hydrogen-bond donors (Lipinski definition) is 1. The molecule has 0 aliphatic carbocycles.